The maximum atomic E-state index is 12.2. The summed E-state index contributed by atoms with van der Waals surface area (Å²) in [6.07, 6.45) is -1.22. The highest BCUT2D eigenvalue weighted by Crippen LogP contribution is 2.32. The van der Waals surface area contributed by atoms with Gasteiger partial charge in [-0.25, -0.2) is 0 Å². The zero-order valence-corrected chi connectivity index (χ0v) is 15.5. The smallest absolute Gasteiger partial charge is 0.384 e. The molecule has 9 heteroatoms. The molecule has 152 valence electrons. The van der Waals surface area contributed by atoms with Gasteiger partial charge in [0.1, 0.15) is 0 Å². The first-order valence-corrected chi connectivity index (χ1v) is 8.85. The highest BCUT2D eigenvalue weighted by molar-refractivity contribution is 5.81. The fourth-order valence-corrected chi connectivity index (χ4v) is 3.21. The molecule has 0 atom stereocenters. The number of rotatable bonds is 10. The largest absolute Gasteiger partial charge is 0.471 e. The van der Waals surface area contributed by atoms with Crippen LogP contribution in [0.2, 0.25) is 0 Å². The molecule has 1 saturated heterocycles. The van der Waals surface area contributed by atoms with E-state index in [-0.39, 0.29) is 17.9 Å². The van der Waals surface area contributed by atoms with E-state index < -0.39 is 12.1 Å². The van der Waals surface area contributed by atoms with Crippen LogP contribution in [0, 0.1) is 5.41 Å². The minimum atomic E-state index is -4.84. The molecule has 0 spiro atoms. The summed E-state index contributed by atoms with van der Waals surface area (Å²) in [5.74, 6) is -1.86. The predicted molar refractivity (Wildman–Crippen MR) is 89.5 cm³/mol. The van der Waals surface area contributed by atoms with E-state index in [2.05, 4.69) is 0 Å². The molecule has 0 aromatic carbocycles. The van der Waals surface area contributed by atoms with Gasteiger partial charge in [-0.15, -0.1) is 0 Å². The van der Waals surface area contributed by atoms with Crippen molar-refractivity contribution in [2.45, 2.75) is 44.7 Å². The molecule has 0 aliphatic carbocycles. The summed E-state index contributed by atoms with van der Waals surface area (Å²) < 4.78 is 46.6. The lowest BCUT2D eigenvalue weighted by molar-refractivity contribution is -0.173. The van der Waals surface area contributed by atoms with Crippen molar-refractivity contribution < 1.29 is 32.2 Å². The van der Waals surface area contributed by atoms with Crippen LogP contribution in [0.15, 0.2) is 0 Å². The second kappa shape index (κ2) is 10.7. The third-order valence-electron chi connectivity index (χ3n) is 4.69. The molecular formula is C17H29F3N2O4. The number of alkyl halides is 3. The molecule has 26 heavy (non-hydrogen) atoms. The molecule has 0 aromatic rings. The summed E-state index contributed by atoms with van der Waals surface area (Å²) in [4.78, 5) is 24.7. The predicted octanol–water partition coefficient (Wildman–Crippen LogP) is 2.13. The number of nitrogens with zero attached hydrogens (tertiary/aromatic N) is 1. The third-order valence-corrected chi connectivity index (χ3v) is 4.69. The van der Waals surface area contributed by atoms with E-state index in [4.69, 9.17) is 9.47 Å². The number of carbonyl (C=O) groups excluding carboxylic acids is 2. The van der Waals surface area contributed by atoms with Crippen molar-refractivity contribution in [1.82, 2.24) is 10.2 Å². The quantitative estimate of drug-likeness (QED) is 0.588. The monoisotopic (exact) mass is 382 g/mol. The SMILES string of the molecule is COCC1(COC)CCN(C(=O)CCCCCNC(=O)C(F)(F)F)CC1. The van der Waals surface area contributed by atoms with Gasteiger partial charge in [-0.2, -0.15) is 13.2 Å². The molecular weight excluding hydrogens is 353 g/mol. The molecule has 1 aliphatic rings. The third kappa shape index (κ3) is 7.49. The van der Waals surface area contributed by atoms with Gasteiger partial charge in [0.25, 0.3) is 0 Å². The molecule has 2 amide bonds. The number of unbranched alkanes of at least 4 members (excludes halogenated alkanes) is 2. The van der Waals surface area contributed by atoms with Gasteiger partial charge >= 0.3 is 12.1 Å². The van der Waals surface area contributed by atoms with Crippen LogP contribution < -0.4 is 5.32 Å². The number of hydrogen-bond acceptors (Lipinski definition) is 4. The van der Waals surface area contributed by atoms with E-state index in [1.54, 1.807) is 14.2 Å². The molecule has 0 radical (unpaired) electrons. The summed E-state index contributed by atoms with van der Waals surface area (Å²) in [5, 5.41) is 1.82. The molecule has 0 aromatic heterocycles. The average molecular weight is 382 g/mol. The van der Waals surface area contributed by atoms with E-state index in [1.807, 2.05) is 10.2 Å². The minimum Gasteiger partial charge on any atom is -0.384 e. The average Bonchev–Trinajstić information content (AvgIpc) is 2.58. The Morgan fingerprint density at radius 1 is 1.04 bits per heavy atom. The van der Waals surface area contributed by atoms with Crippen LogP contribution >= 0.6 is 0 Å². The van der Waals surface area contributed by atoms with Crippen LogP contribution in [-0.2, 0) is 19.1 Å². The summed E-state index contributed by atoms with van der Waals surface area (Å²) in [7, 11) is 3.32. The van der Waals surface area contributed by atoms with Crippen molar-refractivity contribution >= 4 is 11.8 Å². The maximum Gasteiger partial charge on any atom is 0.471 e. The van der Waals surface area contributed by atoms with Gasteiger partial charge in [-0.05, 0) is 25.7 Å². The van der Waals surface area contributed by atoms with E-state index in [0.717, 1.165) is 12.8 Å². The van der Waals surface area contributed by atoms with Crippen LogP contribution in [0.1, 0.15) is 38.5 Å². The summed E-state index contributed by atoms with van der Waals surface area (Å²) in [5.41, 5.74) is -0.0447. The lowest BCUT2D eigenvalue weighted by Crippen LogP contribution is -2.46. The number of hydrogen-bond donors (Lipinski definition) is 1. The number of ether oxygens (including phenoxy) is 2. The summed E-state index contributed by atoms with van der Waals surface area (Å²) in [6.45, 7) is 2.49. The van der Waals surface area contributed by atoms with Crippen molar-refractivity contribution in [2.75, 3.05) is 47.1 Å². The van der Waals surface area contributed by atoms with Crippen molar-refractivity contribution in [1.29, 1.82) is 0 Å². The molecule has 1 heterocycles. The van der Waals surface area contributed by atoms with Gasteiger partial charge in [-0.1, -0.05) is 6.42 Å². The van der Waals surface area contributed by atoms with E-state index in [9.17, 15) is 22.8 Å². The highest BCUT2D eigenvalue weighted by atomic mass is 19.4. The van der Waals surface area contributed by atoms with Crippen LogP contribution in [0.4, 0.5) is 13.2 Å². The molecule has 6 nitrogen and oxygen atoms in total. The van der Waals surface area contributed by atoms with Crippen LogP contribution in [0.25, 0.3) is 0 Å². The topological polar surface area (TPSA) is 67.9 Å². The van der Waals surface area contributed by atoms with Crippen LogP contribution in [0.3, 0.4) is 0 Å². The van der Waals surface area contributed by atoms with Crippen LogP contribution in [0.5, 0.6) is 0 Å². The number of nitrogens with one attached hydrogen (secondary N) is 1. The van der Waals surface area contributed by atoms with Gasteiger partial charge < -0.3 is 19.7 Å². The Balaban J connectivity index is 2.20. The van der Waals surface area contributed by atoms with Gasteiger partial charge in [0.05, 0.1) is 13.2 Å². The van der Waals surface area contributed by atoms with E-state index in [1.165, 1.54) is 0 Å². The number of amides is 2. The van der Waals surface area contributed by atoms with Gasteiger partial charge in [-0.3, -0.25) is 9.59 Å². The van der Waals surface area contributed by atoms with E-state index >= 15 is 0 Å². The Labute approximate surface area is 152 Å². The van der Waals surface area contributed by atoms with E-state index in [0.29, 0.717) is 52.0 Å². The Kier molecular flexibility index (Phi) is 9.35. The molecule has 1 aliphatic heterocycles. The Morgan fingerprint density at radius 2 is 1.62 bits per heavy atom. The first kappa shape index (κ1) is 22.7. The number of likely N-dealkylation sites (tertiary alicyclic amines) is 1. The van der Waals surface area contributed by atoms with Crippen molar-refractivity contribution in [3.63, 3.8) is 0 Å². The molecule has 0 unspecified atom stereocenters. The standard InChI is InChI=1S/C17H29F3N2O4/c1-25-12-16(13-26-2)7-10-22(11-8-16)14(23)6-4-3-5-9-21-15(24)17(18,19)20/h3-13H2,1-2H3,(H,21,24). The molecule has 1 N–H and O–H groups in total. The first-order valence-electron chi connectivity index (χ1n) is 8.85. The number of methoxy groups -OCH3 is 2. The lowest BCUT2D eigenvalue weighted by atomic mass is 9.79. The number of carbonyl (C=O) groups is 2. The lowest BCUT2D eigenvalue weighted by Gasteiger charge is -2.41. The zero-order valence-electron chi connectivity index (χ0n) is 15.5. The fraction of sp³-hybridized carbons (Fsp3) is 0.882. The van der Waals surface area contributed by atoms with Crippen molar-refractivity contribution in [3.05, 3.63) is 0 Å². The minimum absolute atomic E-state index is 0.0349. The Morgan fingerprint density at radius 3 is 2.12 bits per heavy atom. The second-order valence-corrected chi connectivity index (χ2v) is 6.81. The Hall–Kier alpha value is -1.35. The number of halogens is 3. The second-order valence-electron chi connectivity index (χ2n) is 6.81. The Bertz CT molecular complexity index is 442. The highest BCUT2D eigenvalue weighted by Gasteiger charge is 2.38. The van der Waals surface area contributed by atoms with Gasteiger partial charge in [0.15, 0.2) is 0 Å². The van der Waals surface area contributed by atoms with Crippen molar-refractivity contribution in [3.8, 4) is 0 Å². The van der Waals surface area contributed by atoms with Gasteiger partial charge in [0.2, 0.25) is 5.91 Å². The number of piperidine rings is 1. The maximum absolute atomic E-state index is 12.2. The summed E-state index contributed by atoms with van der Waals surface area (Å²) in [6, 6.07) is 0. The van der Waals surface area contributed by atoms with Gasteiger partial charge in [0, 0.05) is 45.7 Å². The zero-order chi connectivity index (χ0) is 19.6. The van der Waals surface area contributed by atoms with Crippen LogP contribution in [-0.4, -0.2) is 70.0 Å². The van der Waals surface area contributed by atoms with Crippen molar-refractivity contribution in [2.24, 2.45) is 5.41 Å². The first-order chi connectivity index (χ1) is 12.2. The molecule has 0 saturated carbocycles. The fourth-order valence-electron chi connectivity index (χ4n) is 3.21. The molecule has 1 rings (SSSR count). The summed E-state index contributed by atoms with van der Waals surface area (Å²) >= 11 is 0. The molecule has 1 fully saturated rings. The normalized spacial score (nSPS) is 17.2. The molecule has 0 bridgehead atoms.